The second kappa shape index (κ2) is 6.57. The molecule has 2 heterocycles. The van der Waals surface area contributed by atoms with Gasteiger partial charge in [-0.3, -0.25) is 0 Å². The second-order valence-corrected chi connectivity index (χ2v) is 5.57. The van der Waals surface area contributed by atoms with E-state index in [1.165, 1.54) is 5.56 Å². The highest BCUT2D eigenvalue weighted by atomic mass is 16.5. The summed E-state index contributed by atoms with van der Waals surface area (Å²) in [4.78, 5) is 6.60. The molecular weight excluding hydrogens is 290 g/mol. The summed E-state index contributed by atoms with van der Waals surface area (Å²) >= 11 is 0. The third-order valence-electron chi connectivity index (χ3n) is 4.21. The lowest BCUT2D eigenvalue weighted by molar-refractivity contribution is 0.393. The first kappa shape index (κ1) is 15.2. The van der Waals surface area contributed by atoms with E-state index in [9.17, 15) is 0 Å². The van der Waals surface area contributed by atoms with E-state index in [0.717, 1.165) is 36.8 Å². The van der Waals surface area contributed by atoms with Gasteiger partial charge >= 0.3 is 0 Å². The van der Waals surface area contributed by atoms with Crippen molar-refractivity contribution in [2.24, 2.45) is 0 Å². The van der Waals surface area contributed by atoms with Crippen molar-refractivity contribution in [3.63, 3.8) is 0 Å². The third kappa shape index (κ3) is 3.21. The van der Waals surface area contributed by atoms with Crippen molar-refractivity contribution < 1.29 is 9.47 Å². The maximum Gasteiger partial charge on any atom is 0.142 e. The average Bonchev–Trinajstić information content (AvgIpc) is 3.11. The van der Waals surface area contributed by atoms with Crippen LogP contribution in [0.2, 0.25) is 0 Å². The Balaban J connectivity index is 1.81. The molecule has 1 fully saturated rings. The van der Waals surface area contributed by atoms with Gasteiger partial charge in [0, 0.05) is 25.1 Å². The molecule has 2 aromatic rings. The van der Waals surface area contributed by atoms with Gasteiger partial charge in [-0.1, -0.05) is 6.07 Å². The van der Waals surface area contributed by atoms with Crippen molar-refractivity contribution in [2.45, 2.75) is 12.3 Å². The predicted octanol–water partition coefficient (Wildman–Crippen LogP) is 2.96. The molecule has 1 atom stereocenters. The largest absolute Gasteiger partial charge is 0.497 e. The molecular formula is C18H19N3O2. The van der Waals surface area contributed by atoms with E-state index in [4.69, 9.17) is 14.7 Å². The van der Waals surface area contributed by atoms with Gasteiger partial charge in [0.25, 0.3) is 0 Å². The van der Waals surface area contributed by atoms with Crippen LogP contribution in [0.3, 0.4) is 0 Å². The van der Waals surface area contributed by atoms with E-state index in [1.54, 1.807) is 20.3 Å². The topological polar surface area (TPSA) is 58.4 Å². The molecule has 5 nitrogen and oxygen atoms in total. The fourth-order valence-electron chi connectivity index (χ4n) is 2.97. The molecule has 0 saturated carbocycles. The molecule has 0 aliphatic carbocycles. The number of anilines is 1. The minimum atomic E-state index is 0.395. The molecule has 23 heavy (non-hydrogen) atoms. The van der Waals surface area contributed by atoms with Crippen LogP contribution in [0.1, 0.15) is 23.6 Å². The van der Waals surface area contributed by atoms with Gasteiger partial charge in [-0.15, -0.1) is 0 Å². The SMILES string of the molecule is COc1cc(OC)cc(C2CCN(c3cccc(C#N)n3)C2)c1. The summed E-state index contributed by atoms with van der Waals surface area (Å²) in [5, 5.41) is 8.99. The summed E-state index contributed by atoms with van der Waals surface area (Å²) in [7, 11) is 3.33. The number of nitriles is 1. The minimum absolute atomic E-state index is 0.395. The van der Waals surface area contributed by atoms with Gasteiger partial charge in [0.05, 0.1) is 14.2 Å². The Morgan fingerprint density at radius 3 is 2.57 bits per heavy atom. The van der Waals surface area contributed by atoms with E-state index in [-0.39, 0.29) is 0 Å². The number of pyridine rings is 1. The van der Waals surface area contributed by atoms with Gasteiger partial charge in [-0.2, -0.15) is 5.26 Å². The lowest BCUT2D eigenvalue weighted by Crippen LogP contribution is -2.20. The number of ether oxygens (including phenoxy) is 2. The second-order valence-electron chi connectivity index (χ2n) is 5.57. The molecule has 3 rings (SSSR count). The number of benzene rings is 1. The highest BCUT2D eigenvalue weighted by molar-refractivity contribution is 5.46. The van der Waals surface area contributed by atoms with Crippen molar-refractivity contribution in [3.05, 3.63) is 47.7 Å². The van der Waals surface area contributed by atoms with Crippen LogP contribution in [0.4, 0.5) is 5.82 Å². The van der Waals surface area contributed by atoms with E-state index in [2.05, 4.69) is 28.1 Å². The fourth-order valence-corrected chi connectivity index (χ4v) is 2.97. The molecule has 1 aliphatic heterocycles. The first-order valence-electron chi connectivity index (χ1n) is 7.58. The van der Waals surface area contributed by atoms with Crippen LogP contribution >= 0.6 is 0 Å². The Kier molecular flexibility index (Phi) is 4.33. The molecule has 0 spiro atoms. The van der Waals surface area contributed by atoms with Crippen molar-refractivity contribution >= 4 is 5.82 Å². The zero-order valence-corrected chi connectivity index (χ0v) is 13.3. The van der Waals surface area contributed by atoms with Crippen molar-refractivity contribution in [1.82, 2.24) is 4.98 Å². The maximum atomic E-state index is 8.99. The van der Waals surface area contributed by atoms with Gasteiger partial charge in [-0.05, 0) is 36.2 Å². The van der Waals surface area contributed by atoms with E-state index in [0.29, 0.717) is 11.6 Å². The Morgan fingerprint density at radius 1 is 1.17 bits per heavy atom. The number of hydrogen-bond acceptors (Lipinski definition) is 5. The smallest absolute Gasteiger partial charge is 0.142 e. The summed E-state index contributed by atoms with van der Waals surface area (Å²) in [6, 6.07) is 13.7. The fraction of sp³-hybridized carbons (Fsp3) is 0.333. The van der Waals surface area contributed by atoms with Crippen molar-refractivity contribution in [1.29, 1.82) is 5.26 Å². The zero-order valence-electron chi connectivity index (χ0n) is 13.3. The normalized spacial score (nSPS) is 16.9. The Hall–Kier alpha value is -2.74. The van der Waals surface area contributed by atoms with Crippen LogP contribution in [-0.2, 0) is 0 Å². The lowest BCUT2D eigenvalue weighted by atomic mass is 9.98. The number of aromatic nitrogens is 1. The standard InChI is InChI=1S/C18H19N3O2/c1-22-16-8-14(9-17(10-16)23-2)13-6-7-21(12-13)18-5-3-4-15(11-19)20-18/h3-5,8-10,13H,6-7,12H2,1-2H3. The van der Waals surface area contributed by atoms with Gasteiger partial charge in [-0.25, -0.2) is 4.98 Å². The van der Waals surface area contributed by atoms with E-state index < -0.39 is 0 Å². The third-order valence-corrected chi connectivity index (χ3v) is 4.21. The van der Waals surface area contributed by atoms with Crippen LogP contribution in [0.25, 0.3) is 0 Å². The predicted molar refractivity (Wildman–Crippen MR) is 88.1 cm³/mol. The first-order valence-corrected chi connectivity index (χ1v) is 7.58. The van der Waals surface area contributed by atoms with Crippen LogP contribution < -0.4 is 14.4 Å². The van der Waals surface area contributed by atoms with Crippen LogP contribution in [-0.4, -0.2) is 32.3 Å². The number of methoxy groups -OCH3 is 2. The maximum absolute atomic E-state index is 8.99. The van der Waals surface area contributed by atoms with Gasteiger partial charge in [0.15, 0.2) is 0 Å². The highest BCUT2D eigenvalue weighted by Crippen LogP contribution is 2.34. The summed E-state index contributed by atoms with van der Waals surface area (Å²) in [5.74, 6) is 2.87. The molecule has 1 aliphatic rings. The van der Waals surface area contributed by atoms with Crippen LogP contribution in [0.5, 0.6) is 11.5 Å². The van der Waals surface area contributed by atoms with Gasteiger partial charge < -0.3 is 14.4 Å². The molecule has 0 radical (unpaired) electrons. The number of rotatable bonds is 4. The molecule has 1 unspecified atom stereocenters. The molecule has 1 aromatic heterocycles. The zero-order chi connectivity index (χ0) is 16.2. The average molecular weight is 309 g/mol. The molecule has 0 bridgehead atoms. The van der Waals surface area contributed by atoms with Crippen molar-refractivity contribution in [3.8, 4) is 17.6 Å². The monoisotopic (exact) mass is 309 g/mol. The first-order chi connectivity index (χ1) is 11.2. The summed E-state index contributed by atoms with van der Waals surface area (Å²) in [6.07, 6.45) is 1.04. The van der Waals surface area contributed by atoms with Crippen LogP contribution in [0.15, 0.2) is 36.4 Å². The molecule has 1 saturated heterocycles. The Bertz CT molecular complexity index is 717. The van der Waals surface area contributed by atoms with Gasteiger partial charge in [0.2, 0.25) is 0 Å². The lowest BCUT2D eigenvalue weighted by Gasteiger charge is -2.18. The quantitative estimate of drug-likeness (QED) is 0.869. The molecule has 1 aromatic carbocycles. The van der Waals surface area contributed by atoms with E-state index in [1.807, 2.05) is 18.2 Å². The highest BCUT2D eigenvalue weighted by Gasteiger charge is 2.25. The molecule has 0 N–H and O–H groups in total. The van der Waals surface area contributed by atoms with Crippen molar-refractivity contribution in [2.75, 3.05) is 32.2 Å². The Morgan fingerprint density at radius 2 is 1.91 bits per heavy atom. The molecule has 5 heteroatoms. The van der Waals surface area contributed by atoms with Gasteiger partial charge in [0.1, 0.15) is 29.1 Å². The molecule has 118 valence electrons. The summed E-state index contributed by atoms with van der Waals surface area (Å²) < 4.78 is 10.7. The Labute approximate surface area is 136 Å². The number of hydrogen-bond donors (Lipinski definition) is 0. The van der Waals surface area contributed by atoms with E-state index >= 15 is 0 Å². The molecule has 0 amide bonds. The number of nitrogens with zero attached hydrogens (tertiary/aromatic N) is 3. The summed E-state index contributed by atoms with van der Waals surface area (Å²) in [6.45, 7) is 1.80. The summed E-state index contributed by atoms with van der Waals surface area (Å²) in [5.41, 5.74) is 1.66. The van der Waals surface area contributed by atoms with Crippen LogP contribution in [0, 0.1) is 11.3 Å². The minimum Gasteiger partial charge on any atom is -0.497 e.